The van der Waals surface area contributed by atoms with E-state index in [0.717, 1.165) is 4.68 Å². The number of aromatic nitrogens is 4. The lowest BCUT2D eigenvalue weighted by atomic mass is 10.4. The molecule has 0 saturated carbocycles. The summed E-state index contributed by atoms with van der Waals surface area (Å²) >= 11 is 0. The van der Waals surface area contributed by atoms with Gasteiger partial charge in [-0.1, -0.05) is 0 Å². The zero-order valence-electron chi connectivity index (χ0n) is 13.6. The second kappa shape index (κ2) is 7.95. The Morgan fingerprint density at radius 3 is 2.73 bits per heavy atom. The molecule has 0 spiro atoms. The minimum absolute atomic E-state index is 0.00592. The van der Waals surface area contributed by atoms with Crippen molar-refractivity contribution < 1.29 is 27.6 Å². The lowest BCUT2D eigenvalue weighted by Crippen LogP contribution is -2.18. The van der Waals surface area contributed by atoms with Gasteiger partial charge < -0.3 is 10.1 Å². The van der Waals surface area contributed by atoms with Crippen LogP contribution in [-0.4, -0.2) is 43.2 Å². The summed E-state index contributed by atoms with van der Waals surface area (Å²) in [5, 5.41) is 20.9. The average molecular weight is 376 g/mol. The van der Waals surface area contributed by atoms with E-state index in [1.165, 1.54) is 30.2 Å². The number of nitrogens with one attached hydrogen (secondary N) is 1. The topological polar surface area (TPSA) is 117 Å². The Hall–Kier alpha value is -2.96. The number of rotatable bonds is 8. The number of nitrogens with zero attached hydrogens (tertiary/aromatic N) is 5. The Balaban J connectivity index is 1.79. The van der Waals surface area contributed by atoms with E-state index >= 15 is 0 Å². The zero-order chi connectivity index (χ0) is 19.3. The third-order valence-corrected chi connectivity index (χ3v) is 3.09. The summed E-state index contributed by atoms with van der Waals surface area (Å²) in [6.45, 7) is -0.192. The van der Waals surface area contributed by atoms with Crippen LogP contribution in [0.1, 0.15) is 12.1 Å². The number of amides is 1. The van der Waals surface area contributed by atoms with Gasteiger partial charge in [-0.2, -0.15) is 23.4 Å². The van der Waals surface area contributed by atoms with Crippen molar-refractivity contribution in [2.75, 3.05) is 11.9 Å². The molecule has 142 valence electrons. The maximum atomic E-state index is 12.0. The monoisotopic (exact) mass is 376 g/mol. The second-order valence-electron chi connectivity index (χ2n) is 5.28. The molecule has 0 aliphatic rings. The Morgan fingerprint density at radius 1 is 1.38 bits per heavy atom. The third kappa shape index (κ3) is 5.84. The van der Waals surface area contributed by atoms with Crippen molar-refractivity contribution in [1.29, 1.82) is 0 Å². The van der Waals surface area contributed by atoms with Gasteiger partial charge in [-0.3, -0.25) is 19.6 Å². The van der Waals surface area contributed by atoms with E-state index in [-0.39, 0.29) is 30.0 Å². The van der Waals surface area contributed by atoms with Gasteiger partial charge in [0.25, 0.3) is 0 Å². The van der Waals surface area contributed by atoms with E-state index in [0.29, 0.717) is 0 Å². The van der Waals surface area contributed by atoms with Crippen LogP contribution in [-0.2, 0) is 22.8 Å². The predicted molar refractivity (Wildman–Crippen MR) is 81.1 cm³/mol. The number of aryl methyl sites for hydroxylation is 2. The van der Waals surface area contributed by atoms with Gasteiger partial charge >= 0.3 is 11.9 Å². The fourth-order valence-electron chi connectivity index (χ4n) is 1.99. The Morgan fingerprint density at radius 2 is 2.12 bits per heavy atom. The van der Waals surface area contributed by atoms with Crippen LogP contribution < -0.4 is 5.32 Å². The van der Waals surface area contributed by atoms with Gasteiger partial charge in [0.1, 0.15) is 25.2 Å². The lowest BCUT2D eigenvalue weighted by molar-refractivity contribution is -0.385. The quantitative estimate of drug-likeness (QED) is 0.555. The Kier molecular flexibility index (Phi) is 5.92. The van der Waals surface area contributed by atoms with E-state index in [2.05, 4.69) is 20.3 Å². The molecule has 0 aliphatic carbocycles. The molecule has 1 N–H and O–H groups in total. The third-order valence-electron chi connectivity index (χ3n) is 3.09. The summed E-state index contributed by atoms with van der Waals surface area (Å²) in [6.07, 6.45) is -0.619. The summed E-state index contributed by atoms with van der Waals surface area (Å²) in [4.78, 5) is 22.0. The molecular formula is C13H15F3N6O4. The predicted octanol–water partition coefficient (Wildman–Crippen LogP) is 1.86. The van der Waals surface area contributed by atoms with Gasteiger partial charge in [0.05, 0.1) is 23.0 Å². The fourth-order valence-corrected chi connectivity index (χ4v) is 1.99. The molecule has 0 saturated heterocycles. The molecule has 1 amide bonds. The van der Waals surface area contributed by atoms with Crippen molar-refractivity contribution in [1.82, 2.24) is 19.6 Å². The van der Waals surface area contributed by atoms with Crippen molar-refractivity contribution in [3.8, 4) is 0 Å². The molecule has 0 radical (unpaired) electrons. The van der Waals surface area contributed by atoms with Crippen LogP contribution in [0.3, 0.4) is 0 Å². The van der Waals surface area contributed by atoms with Gasteiger partial charge in [0.15, 0.2) is 0 Å². The smallest absolute Gasteiger partial charge is 0.350 e. The number of anilines is 1. The Bertz CT molecular complexity index is 785. The van der Waals surface area contributed by atoms with Crippen LogP contribution in [0.5, 0.6) is 0 Å². The molecule has 0 fully saturated rings. The van der Waals surface area contributed by atoms with E-state index in [1.54, 1.807) is 0 Å². The number of carbonyl (C=O) groups excluding carboxylic acids is 1. The first-order valence-electron chi connectivity index (χ1n) is 7.29. The summed E-state index contributed by atoms with van der Waals surface area (Å²) in [6, 6.07) is 0. The molecule has 0 aromatic carbocycles. The van der Waals surface area contributed by atoms with Gasteiger partial charge in [-0.05, 0) is 6.92 Å². The van der Waals surface area contributed by atoms with Crippen molar-refractivity contribution >= 4 is 17.3 Å². The summed E-state index contributed by atoms with van der Waals surface area (Å²) in [5.41, 5.74) is 0.398. The Labute approximate surface area is 144 Å². The highest BCUT2D eigenvalue weighted by Gasteiger charge is 2.27. The molecule has 10 nitrogen and oxygen atoms in total. The van der Waals surface area contributed by atoms with Gasteiger partial charge in [-0.15, -0.1) is 0 Å². The lowest BCUT2D eigenvalue weighted by Gasteiger charge is -2.07. The van der Waals surface area contributed by atoms with Crippen molar-refractivity contribution in [2.24, 2.45) is 0 Å². The van der Waals surface area contributed by atoms with Crippen LogP contribution in [0.15, 0.2) is 18.6 Å². The average Bonchev–Trinajstić information content (AvgIpc) is 3.10. The zero-order valence-corrected chi connectivity index (χ0v) is 13.6. The van der Waals surface area contributed by atoms with Gasteiger partial charge in [0, 0.05) is 13.0 Å². The molecule has 26 heavy (non-hydrogen) atoms. The molecule has 0 atom stereocenters. The van der Waals surface area contributed by atoms with Crippen molar-refractivity contribution in [3.63, 3.8) is 0 Å². The number of halogens is 3. The molecule has 2 heterocycles. The van der Waals surface area contributed by atoms with Crippen LogP contribution in [0.25, 0.3) is 0 Å². The first-order valence-corrected chi connectivity index (χ1v) is 7.29. The van der Waals surface area contributed by atoms with Crippen LogP contribution in [0, 0.1) is 17.0 Å². The van der Waals surface area contributed by atoms with Crippen LogP contribution in [0.2, 0.25) is 0 Å². The summed E-state index contributed by atoms with van der Waals surface area (Å²) in [5.74, 6) is -0.406. The molecule has 2 aromatic heterocycles. The molecule has 0 aliphatic heterocycles. The van der Waals surface area contributed by atoms with E-state index < -0.39 is 30.3 Å². The van der Waals surface area contributed by atoms with Gasteiger partial charge in [-0.25, -0.2) is 4.68 Å². The molecule has 2 rings (SSSR count). The highest BCUT2D eigenvalue weighted by molar-refractivity contribution is 5.90. The second-order valence-corrected chi connectivity index (χ2v) is 5.28. The highest BCUT2D eigenvalue weighted by Crippen LogP contribution is 2.16. The first-order chi connectivity index (χ1) is 12.1. The van der Waals surface area contributed by atoms with Crippen molar-refractivity contribution in [2.45, 2.75) is 32.8 Å². The fraction of sp³-hybridized carbons (Fsp3) is 0.462. The van der Waals surface area contributed by atoms with Crippen LogP contribution in [0.4, 0.5) is 24.5 Å². The van der Waals surface area contributed by atoms with E-state index in [1.807, 2.05) is 0 Å². The molecule has 13 heteroatoms. The number of carbonyl (C=O) groups is 1. The molecule has 2 aromatic rings. The van der Waals surface area contributed by atoms with Crippen LogP contribution >= 0.6 is 0 Å². The minimum atomic E-state index is -4.43. The molecule has 0 unspecified atom stereocenters. The minimum Gasteiger partial charge on any atom is -0.350 e. The number of ether oxygens (including phenoxy) is 1. The number of hydrogen-bond acceptors (Lipinski definition) is 6. The normalized spacial score (nSPS) is 11.5. The van der Waals surface area contributed by atoms with Crippen molar-refractivity contribution in [3.05, 3.63) is 34.4 Å². The first kappa shape index (κ1) is 19.4. The summed E-state index contributed by atoms with van der Waals surface area (Å²) in [7, 11) is 0. The SMILES string of the molecule is Cc1nn(CCC(=O)Nc2cnn(COCC(F)(F)F)c2)cc1[N+](=O)[O-]. The standard InChI is InChI=1S/C13H15F3N6O4/c1-9-11(22(24)25)6-20(19-9)3-2-12(23)18-10-4-17-21(5-10)8-26-7-13(14,15)16/h4-6H,2-3,7-8H2,1H3,(H,18,23). The number of hydrogen-bond donors (Lipinski definition) is 1. The molecule has 0 bridgehead atoms. The number of alkyl halides is 3. The maximum Gasteiger partial charge on any atom is 0.411 e. The van der Waals surface area contributed by atoms with E-state index in [4.69, 9.17) is 0 Å². The highest BCUT2D eigenvalue weighted by atomic mass is 19.4. The number of nitro groups is 1. The maximum absolute atomic E-state index is 12.0. The largest absolute Gasteiger partial charge is 0.411 e. The molecular weight excluding hydrogens is 361 g/mol. The van der Waals surface area contributed by atoms with E-state index in [9.17, 15) is 28.1 Å². The van der Waals surface area contributed by atoms with Gasteiger partial charge in [0.2, 0.25) is 5.91 Å². The summed E-state index contributed by atoms with van der Waals surface area (Å²) < 4.78 is 42.8.